The Morgan fingerprint density at radius 3 is 2.23 bits per heavy atom. The summed E-state index contributed by atoms with van der Waals surface area (Å²) in [7, 11) is -4.28. The van der Waals surface area contributed by atoms with Crippen molar-refractivity contribution in [3.8, 4) is 16.8 Å². The highest BCUT2D eigenvalue weighted by atomic mass is 31.2. The maximum Gasteiger partial charge on any atom is 0.356 e. The summed E-state index contributed by atoms with van der Waals surface area (Å²) in [6.45, 7) is 2.16. The first-order chi connectivity index (χ1) is 15.0. The largest absolute Gasteiger partial charge is 0.356 e. The summed E-state index contributed by atoms with van der Waals surface area (Å²) in [5.41, 5.74) is 6.37. The highest BCUT2D eigenvalue weighted by Crippen LogP contribution is 2.35. The van der Waals surface area contributed by atoms with Gasteiger partial charge in [-0.05, 0) is 59.5 Å². The molecule has 0 unspecified atom stereocenters. The molecule has 0 saturated heterocycles. The summed E-state index contributed by atoms with van der Waals surface area (Å²) < 4.78 is 13.9. The van der Waals surface area contributed by atoms with Crippen molar-refractivity contribution in [2.75, 3.05) is 0 Å². The third-order valence-corrected chi connectivity index (χ3v) is 6.74. The van der Waals surface area contributed by atoms with Crippen LogP contribution >= 0.6 is 7.60 Å². The average Bonchev–Trinajstić information content (AvgIpc) is 3.12. The fraction of sp³-hybridized carbons (Fsp3) is 0.0769. The fourth-order valence-corrected chi connectivity index (χ4v) is 4.77. The Labute approximate surface area is 180 Å². The Morgan fingerprint density at radius 1 is 0.742 bits per heavy atom. The molecule has 0 spiro atoms. The maximum absolute atomic E-state index is 11.6. The molecule has 1 aromatic heterocycles. The smallest absolute Gasteiger partial charge is 0.321 e. The van der Waals surface area contributed by atoms with E-state index in [9.17, 15) is 14.4 Å². The van der Waals surface area contributed by atoms with E-state index in [2.05, 4.69) is 66.1 Å². The number of aryl methyl sites for hydroxylation is 1. The zero-order valence-electron chi connectivity index (χ0n) is 17.1. The van der Waals surface area contributed by atoms with E-state index in [0.29, 0.717) is 0 Å². The molecule has 0 aliphatic heterocycles. The number of hydrogen-bond donors (Lipinski definition) is 2. The van der Waals surface area contributed by atoms with Gasteiger partial charge < -0.3 is 14.4 Å². The monoisotopic (exact) mass is 427 g/mol. The van der Waals surface area contributed by atoms with Gasteiger partial charge in [0.15, 0.2) is 0 Å². The number of nitrogens with zero attached hydrogens (tertiary/aromatic N) is 1. The van der Waals surface area contributed by atoms with Crippen LogP contribution < -0.4 is 5.30 Å². The zero-order valence-corrected chi connectivity index (χ0v) is 18.0. The molecule has 0 aliphatic rings. The maximum atomic E-state index is 11.6. The number of hydrogen-bond acceptors (Lipinski definition) is 1. The number of aromatic nitrogens is 1. The summed E-state index contributed by atoms with van der Waals surface area (Å²) in [4.78, 5) is 19.0. The molecule has 0 radical (unpaired) electrons. The van der Waals surface area contributed by atoms with Gasteiger partial charge in [-0.3, -0.25) is 4.57 Å². The Balaban J connectivity index is 1.66. The second-order valence-corrected chi connectivity index (χ2v) is 9.30. The normalized spacial score (nSPS) is 12.0. The number of fused-ring (bicyclic) bond motifs is 3. The van der Waals surface area contributed by atoms with E-state index in [1.165, 1.54) is 27.9 Å². The quantitative estimate of drug-likeness (QED) is 0.356. The standard InChI is InChI=1S/C26H22NO3P/c1-2-18-10-15-24-23-8-3-4-9-25(23)27(26(24)16-18)21-13-11-19(12-14-21)20-6-5-7-22(17-20)31(28,29)30/h3-17H,2H2,1H3,(H2,28,29,30). The third-order valence-electron chi connectivity index (χ3n) is 5.79. The summed E-state index contributed by atoms with van der Waals surface area (Å²) in [6.07, 6.45) is 0.978. The molecule has 0 fully saturated rings. The second-order valence-electron chi connectivity index (χ2n) is 7.70. The van der Waals surface area contributed by atoms with Crippen molar-refractivity contribution >= 4 is 34.7 Å². The van der Waals surface area contributed by atoms with Gasteiger partial charge in [0.2, 0.25) is 0 Å². The number of para-hydroxylation sites is 1. The lowest BCUT2D eigenvalue weighted by Gasteiger charge is -2.11. The number of rotatable bonds is 4. The topological polar surface area (TPSA) is 62.5 Å². The van der Waals surface area contributed by atoms with Gasteiger partial charge in [0.05, 0.1) is 16.3 Å². The van der Waals surface area contributed by atoms with Crippen LogP contribution in [0.15, 0.2) is 91.0 Å². The van der Waals surface area contributed by atoms with Crippen molar-refractivity contribution in [1.29, 1.82) is 0 Å². The van der Waals surface area contributed by atoms with E-state index >= 15 is 0 Å². The third kappa shape index (κ3) is 3.49. The van der Waals surface area contributed by atoms with Crippen LogP contribution in [0, 0.1) is 0 Å². The van der Waals surface area contributed by atoms with Gasteiger partial charge >= 0.3 is 7.60 Å². The van der Waals surface area contributed by atoms with Gasteiger partial charge in [0.25, 0.3) is 0 Å². The minimum absolute atomic E-state index is 0.0311. The van der Waals surface area contributed by atoms with Crippen molar-refractivity contribution in [2.24, 2.45) is 0 Å². The van der Waals surface area contributed by atoms with Crippen LogP contribution in [0.1, 0.15) is 12.5 Å². The van der Waals surface area contributed by atoms with Crippen molar-refractivity contribution in [3.05, 3.63) is 96.6 Å². The van der Waals surface area contributed by atoms with E-state index in [1.54, 1.807) is 12.1 Å². The highest BCUT2D eigenvalue weighted by molar-refractivity contribution is 7.60. The molecule has 5 aromatic rings. The lowest BCUT2D eigenvalue weighted by Crippen LogP contribution is -2.03. The van der Waals surface area contributed by atoms with Gasteiger partial charge in [-0.25, -0.2) is 0 Å². The molecule has 2 N–H and O–H groups in total. The zero-order chi connectivity index (χ0) is 21.6. The summed E-state index contributed by atoms with van der Waals surface area (Å²) in [5, 5.41) is 2.48. The molecule has 0 atom stereocenters. The summed E-state index contributed by atoms with van der Waals surface area (Å²) in [5.74, 6) is 0. The van der Waals surface area contributed by atoms with E-state index in [1.807, 2.05) is 18.2 Å². The minimum Gasteiger partial charge on any atom is -0.321 e. The molecular weight excluding hydrogens is 405 g/mol. The van der Waals surface area contributed by atoms with Crippen LogP contribution in [0.3, 0.4) is 0 Å². The molecule has 0 amide bonds. The first-order valence-electron chi connectivity index (χ1n) is 10.2. The molecule has 5 rings (SSSR count). The molecule has 0 aliphatic carbocycles. The summed E-state index contributed by atoms with van der Waals surface area (Å²) >= 11 is 0. The predicted molar refractivity (Wildman–Crippen MR) is 127 cm³/mol. The Kier molecular flexibility index (Phi) is 4.79. The van der Waals surface area contributed by atoms with Gasteiger partial charge in [0, 0.05) is 16.5 Å². The molecule has 0 saturated carbocycles. The van der Waals surface area contributed by atoms with Gasteiger partial charge in [-0.2, -0.15) is 0 Å². The first kappa shape index (κ1) is 19.8. The van der Waals surface area contributed by atoms with E-state index in [0.717, 1.165) is 28.8 Å². The lowest BCUT2D eigenvalue weighted by molar-refractivity contribution is 0.387. The second kappa shape index (κ2) is 7.51. The molecule has 31 heavy (non-hydrogen) atoms. The average molecular weight is 427 g/mol. The van der Waals surface area contributed by atoms with Crippen molar-refractivity contribution in [1.82, 2.24) is 4.57 Å². The molecule has 4 nitrogen and oxygen atoms in total. The van der Waals surface area contributed by atoms with Crippen molar-refractivity contribution in [3.63, 3.8) is 0 Å². The Morgan fingerprint density at radius 2 is 1.48 bits per heavy atom. The number of benzene rings is 4. The molecule has 4 aromatic carbocycles. The van der Waals surface area contributed by atoms with Crippen LogP contribution in [0.2, 0.25) is 0 Å². The van der Waals surface area contributed by atoms with Gasteiger partial charge in [-0.1, -0.05) is 61.5 Å². The molecule has 1 heterocycles. The molecule has 0 bridgehead atoms. The fourth-order valence-electron chi connectivity index (χ4n) is 4.18. The molecule has 5 heteroatoms. The van der Waals surface area contributed by atoms with E-state index < -0.39 is 7.60 Å². The van der Waals surface area contributed by atoms with Crippen LogP contribution in [0.4, 0.5) is 0 Å². The van der Waals surface area contributed by atoms with Crippen LogP contribution in [0.5, 0.6) is 0 Å². The highest BCUT2D eigenvalue weighted by Gasteiger charge is 2.17. The van der Waals surface area contributed by atoms with Gasteiger partial charge in [-0.15, -0.1) is 0 Å². The lowest BCUT2D eigenvalue weighted by atomic mass is 10.1. The first-order valence-corrected chi connectivity index (χ1v) is 11.9. The predicted octanol–water partition coefficient (Wildman–Crippen LogP) is 5.82. The molecular formula is C26H22NO3P. The minimum atomic E-state index is -4.28. The Bertz CT molecular complexity index is 1460. The summed E-state index contributed by atoms with van der Waals surface area (Å²) in [6, 6.07) is 29.7. The van der Waals surface area contributed by atoms with E-state index in [4.69, 9.17) is 0 Å². The van der Waals surface area contributed by atoms with Crippen molar-refractivity contribution < 1.29 is 14.4 Å². The molecule has 154 valence electrons. The van der Waals surface area contributed by atoms with Crippen LogP contribution in [0.25, 0.3) is 38.6 Å². The SMILES string of the molecule is CCc1ccc2c3ccccc3n(-c3ccc(-c4cccc(P(=O)(O)O)c4)cc3)c2c1. The Hall–Kier alpha value is -3.17. The van der Waals surface area contributed by atoms with Crippen molar-refractivity contribution in [2.45, 2.75) is 13.3 Å². The van der Waals surface area contributed by atoms with Gasteiger partial charge in [0.1, 0.15) is 0 Å². The van der Waals surface area contributed by atoms with E-state index in [-0.39, 0.29) is 5.30 Å². The van der Waals surface area contributed by atoms with Crippen LogP contribution in [-0.4, -0.2) is 14.4 Å². The van der Waals surface area contributed by atoms with Crippen LogP contribution in [-0.2, 0) is 11.0 Å².